The van der Waals surface area contributed by atoms with Crippen molar-refractivity contribution < 1.29 is 9.59 Å². The van der Waals surface area contributed by atoms with E-state index >= 15 is 0 Å². The van der Waals surface area contributed by atoms with Gasteiger partial charge in [0, 0.05) is 29.5 Å². The van der Waals surface area contributed by atoms with Gasteiger partial charge in [0.2, 0.25) is 5.91 Å². The van der Waals surface area contributed by atoms with Gasteiger partial charge in [0.15, 0.2) is 5.78 Å². The lowest BCUT2D eigenvalue weighted by molar-refractivity contribution is -0.116. The minimum atomic E-state index is -0.157. The first kappa shape index (κ1) is 18.6. The van der Waals surface area contributed by atoms with E-state index in [1.807, 2.05) is 97.1 Å². The highest BCUT2D eigenvalue weighted by molar-refractivity contribution is 6.04. The first-order valence-corrected chi connectivity index (χ1v) is 9.67. The molecule has 0 radical (unpaired) electrons. The number of nitrogens with one attached hydrogen (secondary N) is 1. The predicted molar refractivity (Wildman–Crippen MR) is 118 cm³/mol. The van der Waals surface area contributed by atoms with Crippen LogP contribution in [0.15, 0.2) is 97.1 Å². The summed E-state index contributed by atoms with van der Waals surface area (Å²) in [5, 5.41) is 4.99. The normalized spacial score (nSPS) is 10.6. The summed E-state index contributed by atoms with van der Waals surface area (Å²) in [6.07, 6.45) is 0.337. The van der Waals surface area contributed by atoms with Gasteiger partial charge >= 0.3 is 0 Å². The number of anilines is 1. The van der Waals surface area contributed by atoms with E-state index in [9.17, 15) is 9.59 Å². The summed E-state index contributed by atoms with van der Waals surface area (Å²) in [6.45, 7) is 0. The number of hydrogen-bond acceptors (Lipinski definition) is 2. The zero-order valence-corrected chi connectivity index (χ0v) is 16.0. The smallest absolute Gasteiger partial charge is 0.224 e. The quantitative estimate of drug-likeness (QED) is 0.411. The molecule has 4 rings (SSSR count). The third kappa shape index (κ3) is 4.41. The van der Waals surface area contributed by atoms with Crippen LogP contribution in [0.1, 0.15) is 23.2 Å². The molecule has 3 nitrogen and oxygen atoms in total. The maximum atomic E-state index is 12.5. The average Bonchev–Trinajstić information content (AvgIpc) is 2.78. The fourth-order valence-corrected chi connectivity index (χ4v) is 3.40. The van der Waals surface area contributed by atoms with Crippen LogP contribution in [0.3, 0.4) is 0 Å². The SMILES string of the molecule is O=C(CCC(=O)c1ccc(-c2ccccc2)cc1)Nc1cccc2ccccc12. The first-order valence-electron chi connectivity index (χ1n) is 9.67. The molecule has 29 heavy (non-hydrogen) atoms. The maximum absolute atomic E-state index is 12.5. The Morgan fingerprint density at radius 1 is 0.621 bits per heavy atom. The van der Waals surface area contributed by atoms with Crippen LogP contribution >= 0.6 is 0 Å². The fraction of sp³-hybridized carbons (Fsp3) is 0.0769. The van der Waals surface area contributed by atoms with Crippen LogP contribution < -0.4 is 5.32 Å². The summed E-state index contributed by atoms with van der Waals surface area (Å²) >= 11 is 0. The summed E-state index contributed by atoms with van der Waals surface area (Å²) in [5.41, 5.74) is 3.58. The van der Waals surface area contributed by atoms with E-state index < -0.39 is 0 Å². The number of rotatable bonds is 6. The van der Waals surface area contributed by atoms with E-state index in [2.05, 4.69) is 5.32 Å². The molecule has 0 bridgehead atoms. The molecule has 0 fully saturated rings. The van der Waals surface area contributed by atoms with Crippen molar-refractivity contribution in [3.63, 3.8) is 0 Å². The second-order valence-corrected chi connectivity index (χ2v) is 6.94. The molecule has 142 valence electrons. The molecule has 4 aromatic rings. The number of hydrogen-bond donors (Lipinski definition) is 1. The highest BCUT2D eigenvalue weighted by atomic mass is 16.2. The highest BCUT2D eigenvalue weighted by Gasteiger charge is 2.11. The summed E-state index contributed by atoms with van der Waals surface area (Å²) in [5.74, 6) is -0.187. The third-order valence-electron chi connectivity index (χ3n) is 4.96. The largest absolute Gasteiger partial charge is 0.326 e. The van der Waals surface area contributed by atoms with Gasteiger partial charge in [-0.25, -0.2) is 0 Å². The molecule has 0 heterocycles. The van der Waals surface area contributed by atoms with Gasteiger partial charge in [0.25, 0.3) is 0 Å². The van der Waals surface area contributed by atoms with Crippen molar-refractivity contribution in [1.29, 1.82) is 0 Å². The Morgan fingerprint density at radius 2 is 1.28 bits per heavy atom. The van der Waals surface area contributed by atoms with Gasteiger partial charge in [-0.1, -0.05) is 91.0 Å². The summed E-state index contributed by atoms with van der Waals surface area (Å²) in [6, 6.07) is 31.3. The average molecular weight is 379 g/mol. The molecular weight excluding hydrogens is 358 g/mol. The minimum absolute atomic E-state index is 0.0299. The molecular formula is C26H21NO2. The lowest BCUT2D eigenvalue weighted by Crippen LogP contribution is -2.13. The van der Waals surface area contributed by atoms with Gasteiger partial charge in [0.05, 0.1) is 0 Å². The number of ketones is 1. The standard InChI is InChI=1S/C26H21NO2/c28-25(22-15-13-20(14-16-22)19-7-2-1-3-8-19)17-18-26(29)27-24-12-6-10-21-9-4-5-11-23(21)24/h1-16H,17-18H2,(H,27,29). The Labute approximate surface area is 170 Å². The van der Waals surface area contributed by atoms with Crippen molar-refractivity contribution in [3.8, 4) is 11.1 Å². The van der Waals surface area contributed by atoms with Crippen molar-refractivity contribution in [2.75, 3.05) is 5.32 Å². The minimum Gasteiger partial charge on any atom is -0.326 e. The van der Waals surface area contributed by atoms with Gasteiger partial charge in [-0.2, -0.15) is 0 Å². The second-order valence-electron chi connectivity index (χ2n) is 6.94. The van der Waals surface area contributed by atoms with Gasteiger partial charge in [0.1, 0.15) is 0 Å². The number of fused-ring (bicyclic) bond motifs is 1. The third-order valence-corrected chi connectivity index (χ3v) is 4.96. The van der Waals surface area contributed by atoms with Gasteiger partial charge in [-0.05, 0) is 22.6 Å². The lowest BCUT2D eigenvalue weighted by Gasteiger charge is -2.09. The highest BCUT2D eigenvalue weighted by Crippen LogP contribution is 2.23. The Bertz CT molecular complexity index is 1140. The summed E-state index contributed by atoms with van der Waals surface area (Å²) < 4.78 is 0. The molecule has 0 saturated carbocycles. The van der Waals surface area contributed by atoms with Crippen molar-refractivity contribution in [1.82, 2.24) is 0 Å². The van der Waals surface area contributed by atoms with Crippen molar-refractivity contribution in [3.05, 3.63) is 103 Å². The van der Waals surface area contributed by atoms with Crippen molar-refractivity contribution >= 4 is 28.2 Å². The molecule has 0 aliphatic carbocycles. The van der Waals surface area contributed by atoms with E-state index in [-0.39, 0.29) is 24.5 Å². The molecule has 1 N–H and O–H groups in total. The molecule has 4 aromatic carbocycles. The Balaban J connectivity index is 1.37. The number of Topliss-reactive ketones (excluding diaryl/α,β-unsaturated/α-hetero) is 1. The predicted octanol–water partition coefficient (Wildman–Crippen LogP) is 6.11. The van der Waals surface area contributed by atoms with Crippen LogP contribution in [0.5, 0.6) is 0 Å². The van der Waals surface area contributed by atoms with Gasteiger partial charge in [-0.3, -0.25) is 9.59 Å². The van der Waals surface area contributed by atoms with Crippen LogP contribution in [0, 0.1) is 0 Å². The summed E-state index contributed by atoms with van der Waals surface area (Å²) in [4.78, 5) is 24.8. The first-order chi connectivity index (χ1) is 14.2. The van der Waals surface area contributed by atoms with Gasteiger partial charge in [-0.15, -0.1) is 0 Å². The topological polar surface area (TPSA) is 46.2 Å². The molecule has 0 spiro atoms. The lowest BCUT2D eigenvalue weighted by atomic mass is 10.0. The fourth-order valence-electron chi connectivity index (χ4n) is 3.40. The molecule has 0 unspecified atom stereocenters. The van der Waals surface area contributed by atoms with Gasteiger partial charge < -0.3 is 5.32 Å². The number of amides is 1. The monoisotopic (exact) mass is 379 g/mol. The molecule has 0 atom stereocenters. The van der Waals surface area contributed by atoms with Crippen LogP contribution in [0.2, 0.25) is 0 Å². The zero-order valence-electron chi connectivity index (χ0n) is 16.0. The van der Waals surface area contributed by atoms with E-state index in [1.54, 1.807) is 0 Å². The maximum Gasteiger partial charge on any atom is 0.224 e. The molecule has 0 aromatic heterocycles. The van der Waals surface area contributed by atoms with E-state index in [0.29, 0.717) is 5.56 Å². The molecule has 1 amide bonds. The molecule has 0 aliphatic heterocycles. The van der Waals surface area contributed by atoms with Crippen molar-refractivity contribution in [2.45, 2.75) is 12.8 Å². The Kier molecular flexibility index (Phi) is 5.48. The van der Waals surface area contributed by atoms with Crippen LogP contribution in [-0.4, -0.2) is 11.7 Å². The summed E-state index contributed by atoms with van der Waals surface area (Å²) in [7, 11) is 0. The van der Waals surface area contributed by atoms with E-state index in [1.165, 1.54) is 0 Å². The number of carbonyl (C=O) groups excluding carboxylic acids is 2. The molecule has 0 saturated heterocycles. The van der Waals surface area contributed by atoms with Crippen LogP contribution in [0.25, 0.3) is 21.9 Å². The zero-order chi connectivity index (χ0) is 20.1. The Hall–Kier alpha value is -3.72. The van der Waals surface area contributed by atoms with Crippen LogP contribution in [0.4, 0.5) is 5.69 Å². The Morgan fingerprint density at radius 3 is 2.07 bits per heavy atom. The van der Waals surface area contributed by atoms with E-state index in [0.717, 1.165) is 27.6 Å². The van der Waals surface area contributed by atoms with E-state index in [4.69, 9.17) is 0 Å². The molecule has 3 heteroatoms. The number of benzene rings is 4. The second kappa shape index (κ2) is 8.53. The van der Waals surface area contributed by atoms with Crippen LogP contribution in [-0.2, 0) is 4.79 Å². The number of carbonyl (C=O) groups is 2. The molecule has 0 aliphatic rings. The van der Waals surface area contributed by atoms with Crippen molar-refractivity contribution in [2.24, 2.45) is 0 Å².